The number of hydrogen-bond donors (Lipinski definition) is 1. The monoisotopic (exact) mass is 410 g/mol. The van der Waals surface area contributed by atoms with Gasteiger partial charge in [-0.2, -0.15) is 0 Å². The first-order valence-electron chi connectivity index (χ1n) is 10.5. The van der Waals surface area contributed by atoms with E-state index in [2.05, 4.69) is 22.2 Å². The summed E-state index contributed by atoms with van der Waals surface area (Å²) in [5, 5.41) is 3.04. The van der Waals surface area contributed by atoms with E-state index in [1.165, 1.54) is 18.3 Å². The highest BCUT2D eigenvalue weighted by Crippen LogP contribution is 2.28. The zero-order valence-electron chi connectivity index (χ0n) is 17.2. The number of benzene rings is 1. The van der Waals surface area contributed by atoms with E-state index in [-0.39, 0.29) is 29.6 Å². The third kappa shape index (κ3) is 4.67. The molecule has 2 aliphatic rings. The number of pyridine rings is 1. The van der Waals surface area contributed by atoms with Gasteiger partial charge in [0.05, 0.1) is 11.3 Å². The summed E-state index contributed by atoms with van der Waals surface area (Å²) in [6.07, 6.45) is 3.82. The second-order valence-corrected chi connectivity index (χ2v) is 8.25. The summed E-state index contributed by atoms with van der Waals surface area (Å²) in [4.78, 5) is 33.9. The fourth-order valence-corrected chi connectivity index (χ4v) is 4.24. The van der Waals surface area contributed by atoms with Crippen LogP contribution in [0.1, 0.15) is 29.6 Å². The smallest absolute Gasteiger partial charge is 0.253 e. The van der Waals surface area contributed by atoms with Crippen molar-refractivity contribution in [2.75, 3.05) is 33.2 Å². The van der Waals surface area contributed by atoms with Crippen molar-refractivity contribution in [3.05, 3.63) is 54.0 Å². The van der Waals surface area contributed by atoms with Gasteiger partial charge < -0.3 is 15.1 Å². The van der Waals surface area contributed by atoms with Gasteiger partial charge in [0, 0.05) is 49.9 Å². The molecule has 1 saturated carbocycles. The molecule has 2 heterocycles. The number of rotatable bonds is 4. The molecule has 1 aromatic heterocycles. The molecular formula is C23H27FN4O2. The molecule has 2 amide bonds. The second kappa shape index (κ2) is 8.92. The van der Waals surface area contributed by atoms with Crippen molar-refractivity contribution in [3.8, 4) is 11.3 Å². The molecule has 2 aromatic rings. The lowest BCUT2D eigenvalue weighted by atomic mass is 10.1. The molecule has 6 nitrogen and oxygen atoms in total. The van der Waals surface area contributed by atoms with Gasteiger partial charge >= 0.3 is 0 Å². The number of hydrogen-bond acceptors (Lipinski definition) is 4. The molecule has 1 saturated heterocycles. The van der Waals surface area contributed by atoms with Crippen LogP contribution in [0.4, 0.5) is 4.39 Å². The molecule has 1 aromatic carbocycles. The summed E-state index contributed by atoms with van der Waals surface area (Å²) in [5.41, 5.74) is 1.75. The highest BCUT2D eigenvalue weighted by Gasteiger charge is 2.34. The lowest BCUT2D eigenvalue weighted by Gasteiger charge is -2.34. The summed E-state index contributed by atoms with van der Waals surface area (Å²) < 4.78 is 13.4. The van der Waals surface area contributed by atoms with Crippen LogP contribution in [0.5, 0.6) is 0 Å². The fourth-order valence-electron chi connectivity index (χ4n) is 4.24. The number of nitrogens with one attached hydrogen (secondary N) is 1. The van der Waals surface area contributed by atoms with Crippen molar-refractivity contribution >= 4 is 11.8 Å². The van der Waals surface area contributed by atoms with Crippen LogP contribution in [0.25, 0.3) is 11.3 Å². The van der Waals surface area contributed by atoms with Gasteiger partial charge in [0.1, 0.15) is 5.82 Å². The first-order chi connectivity index (χ1) is 14.5. The molecule has 0 radical (unpaired) electrons. The van der Waals surface area contributed by atoms with Crippen LogP contribution in [-0.4, -0.2) is 65.9 Å². The zero-order chi connectivity index (χ0) is 21.1. The Kier molecular flexibility index (Phi) is 6.08. The van der Waals surface area contributed by atoms with E-state index in [4.69, 9.17) is 0 Å². The average Bonchev–Trinajstić information content (AvgIpc) is 3.22. The molecule has 0 spiro atoms. The molecule has 30 heavy (non-hydrogen) atoms. The lowest BCUT2D eigenvalue weighted by molar-refractivity contribution is -0.137. The van der Waals surface area contributed by atoms with Gasteiger partial charge in [-0.15, -0.1) is 0 Å². The van der Waals surface area contributed by atoms with Crippen molar-refractivity contribution in [1.82, 2.24) is 20.1 Å². The summed E-state index contributed by atoms with van der Waals surface area (Å²) in [7, 11) is 2.07. The Hall–Kier alpha value is -2.80. The maximum Gasteiger partial charge on any atom is 0.253 e. The first kappa shape index (κ1) is 20.5. The van der Waals surface area contributed by atoms with Crippen molar-refractivity contribution < 1.29 is 14.0 Å². The number of carbonyl (C=O) groups is 2. The van der Waals surface area contributed by atoms with Crippen LogP contribution < -0.4 is 5.32 Å². The van der Waals surface area contributed by atoms with Crippen LogP contribution in [0.15, 0.2) is 42.6 Å². The van der Waals surface area contributed by atoms with E-state index in [9.17, 15) is 14.0 Å². The zero-order valence-corrected chi connectivity index (χ0v) is 17.2. The molecule has 7 heteroatoms. The minimum Gasteiger partial charge on any atom is -0.349 e. The van der Waals surface area contributed by atoms with Crippen molar-refractivity contribution in [3.63, 3.8) is 0 Å². The standard InChI is InChI=1S/C23H27FN4O2/c1-27-9-11-28(12-10-27)23(30)17-5-7-20(14-17)26-22(29)18-6-8-21(25-15-18)16-3-2-4-19(24)13-16/h2-4,6,8,13,15,17,20H,5,7,9-12,14H2,1H3,(H,26,29)/t17-,20+/m0/s1. The number of halogens is 1. The van der Waals surface area contributed by atoms with Crippen molar-refractivity contribution in [2.24, 2.45) is 5.92 Å². The van der Waals surface area contributed by atoms with E-state index in [0.29, 0.717) is 23.2 Å². The molecule has 1 aliphatic heterocycles. The molecular weight excluding hydrogens is 383 g/mol. The Morgan fingerprint density at radius 2 is 1.90 bits per heavy atom. The third-order valence-electron chi connectivity index (χ3n) is 6.08. The predicted molar refractivity (Wildman–Crippen MR) is 112 cm³/mol. The number of piperazine rings is 1. The van der Waals surface area contributed by atoms with Crippen LogP contribution in [0.3, 0.4) is 0 Å². The number of likely N-dealkylation sites (N-methyl/N-ethyl adjacent to an activating group) is 1. The molecule has 4 rings (SSSR count). The average molecular weight is 410 g/mol. The van der Waals surface area contributed by atoms with E-state index in [1.807, 2.05) is 4.90 Å². The largest absolute Gasteiger partial charge is 0.349 e. The predicted octanol–water partition coefficient (Wildman–Crippen LogP) is 2.56. The van der Waals surface area contributed by atoms with Crippen molar-refractivity contribution in [2.45, 2.75) is 25.3 Å². The SMILES string of the molecule is CN1CCN(C(=O)[C@H]2CC[C@@H](NC(=O)c3ccc(-c4cccc(F)c4)nc3)C2)CC1. The minimum atomic E-state index is -0.321. The summed E-state index contributed by atoms with van der Waals surface area (Å²) in [6.45, 7) is 3.40. The van der Waals surface area contributed by atoms with E-state index < -0.39 is 0 Å². The number of amides is 2. The first-order valence-corrected chi connectivity index (χ1v) is 10.5. The molecule has 2 fully saturated rings. The second-order valence-electron chi connectivity index (χ2n) is 8.25. The topological polar surface area (TPSA) is 65.5 Å². The Morgan fingerprint density at radius 3 is 2.60 bits per heavy atom. The summed E-state index contributed by atoms with van der Waals surface area (Å²) in [5.74, 6) is -0.294. The van der Waals surface area contributed by atoms with Gasteiger partial charge in [-0.1, -0.05) is 12.1 Å². The molecule has 1 N–H and O–H groups in total. The molecule has 0 unspecified atom stereocenters. The van der Waals surface area contributed by atoms with Gasteiger partial charge in [0.15, 0.2) is 0 Å². The van der Waals surface area contributed by atoms with Gasteiger partial charge in [0.25, 0.3) is 5.91 Å². The number of carbonyl (C=O) groups excluding carboxylic acids is 2. The Labute approximate surface area is 176 Å². The summed E-state index contributed by atoms with van der Waals surface area (Å²) in [6, 6.07) is 9.63. The molecule has 2 atom stereocenters. The van der Waals surface area contributed by atoms with Crippen LogP contribution in [0, 0.1) is 11.7 Å². The minimum absolute atomic E-state index is 0.00168. The van der Waals surface area contributed by atoms with Gasteiger partial charge in [-0.25, -0.2) is 4.39 Å². The van der Waals surface area contributed by atoms with Crippen LogP contribution in [0.2, 0.25) is 0 Å². The Balaban J connectivity index is 1.31. The van der Waals surface area contributed by atoms with Crippen LogP contribution in [-0.2, 0) is 4.79 Å². The fraction of sp³-hybridized carbons (Fsp3) is 0.435. The summed E-state index contributed by atoms with van der Waals surface area (Å²) >= 11 is 0. The highest BCUT2D eigenvalue weighted by atomic mass is 19.1. The molecule has 1 aliphatic carbocycles. The Bertz CT molecular complexity index is 910. The molecule has 0 bridgehead atoms. The normalized spacial score (nSPS) is 22.1. The van der Waals surface area contributed by atoms with E-state index >= 15 is 0 Å². The Morgan fingerprint density at radius 1 is 1.10 bits per heavy atom. The quantitative estimate of drug-likeness (QED) is 0.841. The maximum atomic E-state index is 13.4. The number of aromatic nitrogens is 1. The lowest BCUT2D eigenvalue weighted by Crippen LogP contribution is -2.49. The van der Waals surface area contributed by atoms with Crippen molar-refractivity contribution in [1.29, 1.82) is 0 Å². The van der Waals surface area contributed by atoms with Crippen LogP contribution >= 0.6 is 0 Å². The van der Waals surface area contributed by atoms with Gasteiger partial charge in [-0.3, -0.25) is 14.6 Å². The molecule has 158 valence electrons. The van der Waals surface area contributed by atoms with E-state index in [0.717, 1.165) is 39.0 Å². The van der Waals surface area contributed by atoms with Gasteiger partial charge in [-0.05, 0) is 50.6 Å². The highest BCUT2D eigenvalue weighted by molar-refractivity contribution is 5.94. The number of nitrogens with zero attached hydrogens (tertiary/aromatic N) is 3. The maximum absolute atomic E-state index is 13.4. The van der Waals surface area contributed by atoms with Gasteiger partial charge in [0.2, 0.25) is 5.91 Å². The third-order valence-corrected chi connectivity index (χ3v) is 6.08. The van der Waals surface area contributed by atoms with E-state index in [1.54, 1.807) is 24.3 Å².